The molecule has 0 aliphatic carbocycles. The van der Waals surface area contributed by atoms with E-state index in [0.29, 0.717) is 12.2 Å². The standard InChI is InChI=1S/C12H15FN4/c1-8-9(7-16-17(8)2)6-15-11-5-3-4-10(13)12(11)14/h3-5,7,15H,6,14H2,1-2H3. The molecule has 0 amide bonds. The van der Waals surface area contributed by atoms with Crippen molar-refractivity contribution in [2.24, 2.45) is 7.05 Å². The molecule has 4 nitrogen and oxygen atoms in total. The van der Waals surface area contributed by atoms with E-state index in [1.807, 2.05) is 14.0 Å². The Morgan fingerprint density at radius 1 is 1.47 bits per heavy atom. The van der Waals surface area contributed by atoms with Crippen LogP contribution in [0.4, 0.5) is 15.8 Å². The summed E-state index contributed by atoms with van der Waals surface area (Å²) < 4.78 is 15.0. The van der Waals surface area contributed by atoms with E-state index in [4.69, 9.17) is 5.73 Å². The SMILES string of the molecule is Cc1c(CNc2cccc(F)c2N)cnn1C. The van der Waals surface area contributed by atoms with E-state index in [1.165, 1.54) is 6.07 Å². The van der Waals surface area contributed by atoms with Gasteiger partial charge in [0.15, 0.2) is 0 Å². The maximum absolute atomic E-state index is 13.2. The summed E-state index contributed by atoms with van der Waals surface area (Å²) in [5, 5.41) is 7.25. The van der Waals surface area contributed by atoms with Gasteiger partial charge in [0.2, 0.25) is 0 Å². The normalized spacial score (nSPS) is 10.5. The fraction of sp³-hybridized carbons (Fsp3) is 0.250. The molecule has 0 atom stereocenters. The average molecular weight is 234 g/mol. The van der Waals surface area contributed by atoms with E-state index >= 15 is 0 Å². The first kappa shape index (κ1) is 11.4. The van der Waals surface area contributed by atoms with Crippen LogP contribution in [0.2, 0.25) is 0 Å². The van der Waals surface area contributed by atoms with Crippen molar-refractivity contribution < 1.29 is 4.39 Å². The van der Waals surface area contributed by atoms with E-state index in [1.54, 1.807) is 23.0 Å². The van der Waals surface area contributed by atoms with Crippen molar-refractivity contribution in [1.82, 2.24) is 9.78 Å². The van der Waals surface area contributed by atoms with Gasteiger partial charge in [0.05, 0.1) is 17.6 Å². The maximum atomic E-state index is 13.2. The predicted molar refractivity (Wildman–Crippen MR) is 66.1 cm³/mol. The Morgan fingerprint density at radius 2 is 2.24 bits per heavy atom. The largest absolute Gasteiger partial charge is 0.395 e. The van der Waals surface area contributed by atoms with Crippen LogP contribution in [0, 0.1) is 12.7 Å². The molecule has 0 aliphatic rings. The van der Waals surface area contributed by atoms with Gasteiger partial charge >= 0.3 is 0 Å². The van der Waals surface area contributed by atoms with Crippen molar-refractivity contribution in [3.63, 3.8) is 0 Å². The third-order valence-electron chi connectivity index (χ3n) is 2.86. The Hall–Kier alpha value is -2.04. The number of anilines is 2. The lowest BCUT2D eigenvalue weighted by Crippen LogP contribution is -2.04. The van der Waals surface area contributed by atoms with E-state index in [0.717, 1.165) is 11.3 Å². The Labute approximate surface area is 99.2 Å². The molecule has 3 N–H and O–H groups in total. The minimum Gasteiger partial charge on any atom is -0.395 e. The van der Waals surface area contributed by atoms with Crippen LogP contribution >= 0.6 is 0 Å². The molecule has 0 radical (unpaired) electrons. The van der Waals surface area contributed by atoms with E-state index in [2.05, 4.69) is 10.4 Å². The Balaban J connectivity index is 2.13. The monoisotopic (exact) mass is 234 g/mol. The van der Waals surface area contributed by atoms with Crippen molar-refractivity contribution >= 4 is 11.4 Å². The van der Waals surface area contributed by atoms with Gasteiger partial charge in [0, 0.05) is 24.8 Å². The minimum atomic E-state index is -0.405. The molecule has 0 unspecified atom stereocenters. The summed E-state index contributed by atoms with van der Waals surface area (Å²) >= 11 is 0. The van der Waals surface area contributed by atoms with Crippen LogP contribution in [0.3, 0.4) is 0 Å². The molecule has 5 heteroatoms. The zero-order chi connectivity index (χ0) is 12.4. The predicted octanol–water partition coefficient (Wildman–Crippen LogP) is 2.06. The number of halogens is 1. The summed E-state index contributed by atoms with van der Waals surface area (Å²) in [5.74, 6) is -0.405. The van der Waals surface area contributed by atoms with Gasteiger partial charge in [-0.05, 0) is 19.1 Å². The lowest BCUT2D eigenvalue weighted by atomic mass is 10.2. The van der Waals surface area contributed by atoms with Gasteiger partial charge in [0.25, 0.3) is 0 Å². The second-order valence-electron chi connectivity index (χ2n) is 3.93. The molecule has 0 saturated carbocycles. The number of nitrogens with one attached hydrogen (secondary N) is 1. The van der Waals surface area contributed by atoms with Crippen molar-refractivity contribution in [2.75, 3.05) is 11.1 Å². The van der Waals surface area contributed by atoms with Crippen LogP contribution in [0.5, 0.6) is 0 Å². The zero-order valence-corrected chi connectivity index (χ0v) is 9.87. The minimum absolute atomic E-state index is 0.147. The number of aromatic nitrogens is 2. The number of nitrogens with zero attached hydrogens (tertiary/aromatic N) is 2. The van der Waals surface area contributed by atoms with Crippen molar-refractivity contribution in [3.8, 4) is 0 Å². The Kier molecular flexibility index (Phi) is 2.99. The van der Waals surface area contributed by atoms with Gasteiger partial charge in [-0.3, -0.25) is 4.68 Å². The smallest absolute Gasteiger partial charge is 0.148 e. The summed E-state index contributed by atoms with van der Waals surface area (Å²) in [6.45, 7) is 2.56. The van der Waals surface area contributed by atoms with Gasteiger partial charge < -0.3 is 11.1 Å². The molecule has 0 aliphatic heterocycles. The van der Waals surface area contributed by atoms with Crippen molar-refractivity contribution in [2.45, 2.75) is 13.5 Å². The molecule has 0 fully saturated rings. The van der Waals surface area contributed by atoms with Gasteiger partial charge in [-0.25, -0.2) is 4.39 Å². The lowest BCUT2D eigenvalue weighted by Gasteiger charge is -2.09. The topological polar surface area (TPSA) is 55.9 Å². The molecule has 0 spiro atoms. The summed E-state index contributed by atoms with van der Waals surface area (Å²) in [5.41, 5.74) is 8.53. The van der Waals surface area contributed by atoms with Crippen LogP contribution in [0.15, 0.2) is 24.4 Å². The van der Waals surface area contributed by atoms with E-state index in [-0.39, 0.29) is 5.69 Å². The van der Waals surface area contributed by atoms with E-state index in [9.17, 15) is 4.39 Å². The molecule has 0 bridgehead atoms. The third kappa shape index (κ3) is 2.22. The van der Waals surface area contributed by atoms with Crippen LogP contribution in [-0.4, -0.2) is 9.78 Å². The molecule has 1 aromatic carbocycles. The second-order valence-corrected chi connectivity index (χ2v) is 3.93. The average Bonchev–Trinajstić information content (AvgIpc) is 2.62. The molecule has 1 aromatic heterocycles. The van der Waals surface area contributed by atoms with Crippen molar-refractivity contribution in [1.29, 1.82) is 0 Å². The maximum Gasteiger partial charge on any atom is 0.148 e. The number of rotatable bonds is 3. The number of aryl methyl sites for hydroxylation is 1. The summed E-state index contributed by atoms with van der Waals surface area (Å²) in [6, 6.07) is 4.73. The zero-order valence-electron chi connectivity index (χ0n) is 9.87. The Bertz CT molecular complexity index is 533. The molecule has 90 valence electrons. The van der Waals surface area contributed by atoms with Crippen LogP contribution < -0.4 is 11.1 Å². The van der Waals surface area contributed by atoms with Crippen LogP contribution in [0.1, 0.15) is 11.3 Å². The summed E-state index contributed by atoms with van der Waals surface area (Å²) in [7, 11) is 1.88. The summed E-state index contributed by atoms with van der Waals surface area (Å²) in [6.07, 6.45) is 1.79. The van der Waals surface area contributed by atoms with Crippen LogP contribution in [-0.2, 0) is 13.6 Å². The molecule has 2 aromatic rings. The third-order valence-corrected chi connectivity index (χ3v) is 2.86. The number of hydrogen-bond acceptors (Lipinski definition) is 3. The lowest BCUT2D eigenvalue weighted by molar-refractivity contribution is 0.633. The number of benzene rings is 1. The van der Waals surface area contributed by atoms with Crippen LogP contribution in [0.25, 0.3) is 0 Å². The van der Waals surface area contributed by atoms with Gasteiger partial charge in [-0.15, -0.1) is 0 Å². The van der Waals surface area contributed by atoms with Crippen molar-refractivity contribution in [3.05, 3.63) is 41.5 Å². The quantitative estimate of drug-likeness (QED) is 0.799. The highest BCUT2D eigenvalue weighted by molar-refractivity contribution is 5.66. The van der Waals surface area contributed by atoms with E-state index < -0.39 is 5.82 Å². The molecule has 1 heterocycles. The first-order valence-electron chi connectivity index (χ1n) is 5.35. The number of hydrogen-bond donors (Lipinski definition) is 2. The summed E-state index contributed by atoms with van der Waals surface area (Å²) in [4.78, 5) is 0. The first-order chi connectivity index (χ1) is 8.09. The van der Waals surface area contributed by atoms with Gasteiger partial charge in [-0.1, -0.05) is 6.07 Å². The fourth-order valence-electron chi connectivity index (χ4n) is 1.60. The highest BCUT2D eigenvalue weighted by Crippen LogP contribution is 2.22. The highest BCUT2D eigenvalue weighted by atomic mass is 19.1. The molecular weight excluding hydrogens is 219 g/mol. The second kappa shape index (κ2) is 4.45. The molecule has 17 heavy (non-hydrogen) atoms. The fourth-order valence-corrected chi connectivity index (χ4v) is 1.60. The number of nitrogens with two attached hydrogens (primary N) is 1. The molecular formula is C12H15FN4. The highest BCUT2D eigenvalue weighted by Gasteiger charge is 2.06. The van der Waals surface area contributed by atoms with Gasteiger partial charge in [-0.2, -0.15) is 5.10 Å². The number of para-hydroxylation sites is 1. The molecule has 0 saturated heterocycles. The first-order valence-corrected chi connectivity index (χ1v) is 5.35. The molecule has 2 rings (SSSR count). The number of nitrogen functional groups attached to an aromatic ring is 1. The Morgan fingerprint density at radius 3 is 2.88 bits per heavy atom. The van der Waals surface area contributed by atoms with Gasteiger partial charge in [0.1, 0.15) is 5.82 Å².